The largest absolute Gasteiger partial charge is 0.376 e. The molecule has 126 valence electrons. The van der Waals surface area contributed by atoms with Crippen LogP contribution in [0, 0.1) is 0 Å². The summed E-state index contributed by atoms with van der Waals surface area (Å²) in [4.78, 5) is 12.6. The number of nitrogens with zero attached hydrogens (tertiary/aromatic N) is 2. The summed E-state index contributed by atoms with van der Waals surface area (Å²) in [6.45, 7) is 0. The highest BCUT2D eigenvalue weighted by Gasteiger charge is 2.23. The van der Waals surface area contributed by atoms with Crippen LogP contribution >= 0.6 is 0 Å². The van der Waals surface area contributed by atoms with Crippen LogP contribution in [0.2, 0.25) is 0 Å². The second-order valence-corrected chi connectivity index (χ2v) is 6.51. The van der Waals surface area contributed by atoms with E-state index in [1.807, 2.05) is 24.4 Å². The highest BCUT2D eigenvalue weighted by Crippen LogP contribution is 2.37. The fourth-order valence-electron chi connectivity index (χ4n) is 3.60. The van der Waals surface area contributed by atoms with E-state index in [0.29, 0.717) is 0 Å². The Balaban J connectivity index is 1.65. The maximum absolute atomic E-state index is 4.95. The number of nitrogens with one attached hydrogen (secondary N) is 2. The number of aromatic amines is 1. The number of rotatable bonds is 2. The number of aromatic nitrogens is 2. The first kappa shape index (κ1) is 14.9. The van der Waals surface area contributed by atoms with Crippen molar-refractivity contribution >= 4 is 28.0 Å². The molecule has 26 heavy (non-hydrogen) atoms. The molecule has 0 amide bonds. The fraction of sp³-hybridized carbons (Fsp3) is 0.0909. The van der Waals surface area contributed by atoms with E-state index in [-0.39, 0.29) is 6.04 Å². The predicted molar refractivity (Wildman–Crippen MR) is 106 cm³/mol. The number of hydrogen-bond donors (Lipinski definition) is 2. The fourth-order valence-corrected chi connectivity index (χ4v) is 3.60. The first-order valence-corrected chi connectivity index (χ1v) is 8.78. The van der Waals surface area contributed by atoms with E-state index in [9.17, 15) is 0 Å². The van der Waals surface area contributed by atoms with E-state index in [0.717, 1.165) is 34.6 Å². The zero-order chi connectivity index (χ0) is 17.3. The van der Waals surface area contributed by atoms with Crippen molar-refractivity contribution in [2.45, 2.75) is 12.5 Å². The Morgan fingerprint density at radius 1 is 0.923 bits per heavy atom. The molecule has 1 aliphatic rings. The second kappa shape index (κ2) is 6.15. The number of aliphatic imine (C=N–C) groups is 1. The zero-order valence-electron chi connectivity index (χ0n) is 14.2. The lowest BCUT2D eigenvalue weighted by molar-refractivity contribution is 0.836. The molecule has 1 aliphatic heterocycles. The van der Waals surface area contributed by atoms with Crippen LogP contribution in [-0.2, 0) is 0 Å². The van der Waals surface area contributed by atoms with E-state index < -0.39 is 0 Å². The summed E-state index contributed by atoms with van der Waals surface area (Å²) in [5.41, 5.74) is 6.55. The van der Waals surface area contributed by atoms with Crippen LogP contribution in [-0.4, -0.2) is 15.7 Å². The minimum atomic E-state index is 0.133. The van der Waals surface area contributed by atoms with Gasteiger partial charge in [-0.15, -0.1) is 0 Å². The molecule has 5 rings (SSSR count). The van der Waals surface area contributed by atoms with Gasteiger partial charge in [0, 0.05) is 41.5 Å². The molecule has 3 heterocycles. The van der Waals surface area contributed by atoms with E-state index in [1.54, 1.807) is 6.20 Å². The third-order valence-corrected chi connectivity index (χ3v) is 4.88. The van der Waals surface area contributed by atoms with Crippen LogP contribution in [0.15, 0.2) is 84.2 Å². The van der Waals surface area contributed by atoms with Crippen molar-refractivity contribution < 1.29 is 0 Å². The molecule has 4 aromatic rings. The summed E-state index contributed by atoms with van der Waals surface area (Å²) >= 11 is 0. The van der Waals surface area contributed by atoms with Crippen molar-refractivity contribution in [3.05, 3.63) is 90.4 Å². The van der Waals surface area contributed by atoms with Crippen molar-refractivity contribution in [2.24, 2.45) is 4.99 Å². The predicted octanol–water partition coefficient (Wildman–Crippen LogP) is 5.24. The molecular formula is C22H18N4. The van der Waals surface area contributed by atoms with Gasteiger partial charge in [-0.2, -0.15) is 0 Å². The Hall–Kier alpha value is -3.40. The molecule has 1 atom stereocenters. The SMILES string of the molecule is c1cncc(C2=Nc3ccccc3NC(c3c[nH]c4ccccc34)C2)c1. The van der Waals surface area contributed by atoms with Gasteiger partial charge in [-0.25, -0.2) is 0 Å². The number of benzene rings is 2. The van der Waals surface area contributed by atoms with E-state index in [1.165, 1.54) is 10.9 Å². The van der Waals surface area contributed by atoms with Crippen LogP contribution in [0.1, 0.15) is 23.6 Å². The van der Waals surface area contributed by atoms with E-state index >= 15 is 0 Å². The van der Waals surface area contributed by atoms with Crippen LogP contribution in [0.3, 0.4) is 0 Å². The summed E-state index contributed by atoms with van der Waals surface area (Å²) in [5, 5.41) is 4.94. The number of pyridine rings is 1. The Bertz CT molecular complexity index is 1100. The van der Waals surface area contributed by atoms with Gasteiger partial charge in [0.15, 0.2) is 0 Å². The number of para-hydroxylation sites is 3. The Kier molecular flexibility index (Phi) is 3.53. The standard InChI is InChI=1S/C22H18N4/c1-2-8-18-16(7-1)17(14-24-18)22-12-21(15-6-5-11-23-13-15)25-19-9-3-4-10-20(19)26-22/h1-11,13-14,22,24,26H,12H2. The van der Waals surface area contributed by atoms with Gasteiger partial charge in [0.05, 0.1) is 23.1 Å². The average molecular weight is 338 g/mol. The Morgan fingerprint density at radius 2 is 1.81 bits per heavy atom. The smallest absolute Gasteiger partial charge is 0.0864 e. The molecule has 0 saturated carbocycles. The minimum Gasteiger partial charge on any atom is -0.376 e. The first-order valence-electron chi connectivity index (χ1n) is 8.78. The highest BCUT2D eigenvalue weighted by molar-refractivity contribution is 6.04. The summed E-state index contributed by atoms with van der Waals surface area (Å²) in [6, 6.07) is 20.8. The molecule has 0 spiro atoms. The Labute approximate surface area is 151 Å². The number of anilines is 1. The molecule has 0 bridgehead atoms. The van der Waals surface area contributed by atoms with Gasteiger partial charge < -0.3 is 10.3 Å². The van der Waals surface area contributed by atoms with Crippen molar-refractivity contribution in [2.75, 3.05) is 5.32 Å². The molecule has 0 aliphatic carbocycles. The van der Waals surface area contributed by atoms with Gasteiger partial charge in [-0.3, -0.25) is 9.98 Å². The number of fused-ring (bicyclic) bond motifs is 2. The quantitative estimate of drug-likeness (QED) is 0.525. The molecule has 4 nitrogen and oxygen atoms in total. The molecule has 2 aromatic carbocycles. The van der Waals surface area contributed by atoms with Gasteiger partial charge in [-0.05, 0) is 29.8 Å². The van der Waals surface area contributed by atoms with Gasteiger partial charge in [0.2, 0.25) is 0 Å². The Morgan fingerprint density at radius 3 is 2.73 bits per heavy atom. The number of H-pyrrole nitrogens is 1. The van der Waals surface area contributed by atoms with Crippen LogP contribution in [0.25, 0.3) is 10.9 Å². The zero-order valence-corrected chi connectivity index (χ0v) is 14.2. The summed E-state index contributed by atoms with van der Waals surface area (Å²) in [5.74, 6) is 0. The van der Waals surface area contributed by atoms with Crippen molar-refractivity contribution in [1.29, 1.82) is 0 Å². The lowest BCUT2D eigenvalue weighted by Gasteiger charge is -2.18. The molecule has 2 aromatic heterocycles. The summed E-state index contributed by atoms with van der Waals surface area (Å²) in [6.07, 6.45) is 6.59. The van der Waals surface area contributed by atoms with E-state index in [2.05, 4.69) is 63.9 Å². The maximum atomic E-state index is 4.95. The summed E-state index contributed by atoms with van der Waals surface area (Å²) in [7, 11) is 0. The monoisotopic (exact) mass is 338 g/mol. The third-order valence-electron chi connectivity index (χ3n) is 4.88. The maximum Gasteiger partial charge on any atom is 0.0864 e. The topological polar surface area (TPSA) is 53.1 Å². The van der Waals surface area contributed by atoms with Crippen LogP contribution < -0.4 is 5.32 Å². The van der Waals surface area contributed by atoms with Crippen LogP contribution in [0.5, 0.6) is 0 Å². The van der Waals surface area contributed by atoms with Crippen molar-refractivity contribution in [3.63, 3.8) is 0 Å². The lowest BCUT2D eigenvalue weighted by Crippen LogP contribution is -2.14. The van der Waals surface area contributed by atoms with Crippen molar-refractivity contribution in [3.8, 4) is 0 Å². The normalized spacial score (nSPS) is 16.5. The molecule has 0 radical (unpaired) electrons. The highest BCUT2D eigenvalue weighted by atomic mass is 15.0. The average Bonchev–Trinajstić information content (AvgIpc) is 3.03. The molecule has 4 heteroatoms. The van der Waals surface area contributed by atoms with Crippen LogP contribution in [0.4, 0.5) is 11.4 Å². The van der Waals surface area contributed by atoms with Gasteiger partial charge in [-0.1, -0.05) is 36.4 Å². The molecular weight excluding hydrogens is 320 g/mol. The molecule has 0 fully saturated rings. The summed E-state index contributed by atoms with van der Waals surface area (Å²) < 4.78 is 0. The van der Waals surface area contributed by atoms with E-state index in [4.69, 9.17) is 4.99 Å². The van der Waals surface area contributed by atoms with Gasteiger partial charge in [0.1, 0.15) is 0 Å². The first-order chi connectivity index (χ1) is 12.9. The van der Waals surface area contributed by atoms with Gasteiger partial charge >= 0.3 is 0 Å². The molecule has 0 saturated heterocycles. The lowest BCUT2D eigenvalue weighted by atomic mass is 9.97. The van der Waals surface area contributed by atoms with Gasteiger partial charge in [0.25, 0.3) is 0 Å². The molecule has 1 unspecified atom stereocenters. The van der Waals surface area contributed by atoms with Crippen molar-refractivity contribution in [1.82, 2.24) is 9.97 Å². The minimum absolute atomic E-state index is 0.133. The number of hydrogen-bond acceptors (Lipinski definition) is 3. The molecule has 2 N–H and O–H groups in total. The second-order valence-electron chi connectivity index (χ2n) is 6.51. The third kappa shape index (κ3) is 2.56.